The molecule has 0 aromatic carbocycles. The molecule has 2 rings (SSSR count). The maximum Gasteiger partial charge on any atom is 0.244 e. The predicted molar refractivity (Wildman–Crippen MR) is 43.4 cm³/mol. The summed E-state index contributed by atoms with van der Waals surface area (Å²) in [5.41, 5.74) is 2.10. The lowest BCUT2D eigenvalue weighted by Gasteiger charge is -2.23. The molecule has 12 heavy (non-hydrogen) atoms. The number of hydrogen-bond donors (Lipinski definition) is 0. The van der Waals surface area contributed by atoms with Crippen LogP contribution in [0.2, 0.25) is 0 Å². The molecule has 0 saturated heterocycles. The summed E-state index contributed by atoms with van der Waals surface area (Å²) >= 11 is 0. The van der Waals surface area contributed by atoms with Gasteiger partial charge in [-0.1, -0.05) is 0 Å². The van der Waals surface area contributed by atoms with Crippen LogP contribution < -0.4 is 0 Å². The highest BCUT2D eigenvalue weighted by Crippen LogP contribution is 2.11. The van der Waals surface area contributed by atoms with Crippen molar-refractivity contribution in [3.63, 3.8) is 0 Å². The third-order valence-corrected chi connectivity index (χ3v) is 2.10. The fourth-order valence-electron chi connectivity index (χ4n) is 1.44. The van der Waals surface area contributed by atoms with Gasteiger partial charge < -0.3 is 4.90 Å². The third kappa shape index (κ3) is 0.995. The first-order valence-electron chi connectivity index (χ1n) is 3.94. The lowest BCUT2D eigenvalue weighted by Crippen LogP contribution is -2.36. The third-order valence-electron chi connectivity index (χ3n) is 2.10. The van der Waals surface area contributed by atoms with Gasteiger partial charge in [0.1, 0.15) is 6.54 Å². The summed E-state index contributed by atoms with van der Waals surface area (Å²) < 4.78 is 1.78. The second-order valence-electron chi connectivity index (χ2n) is 3.18. The minimum Gasteiger partial charge on any atom is -0.338 e. The highest BCUT2D eigenvalue weighted by atomic mass is 16.2. The molecule has 4 heteroatoms. The summed E-state index contributed by atoms with van der Waals surface area (Å²) in [6, 6.07) is 2.02. The quantitative estimate of drug-likeness (QED) is 0.549. The van der Waals surface area contributed by atoms with Gasteiger partial charge >= 0.3 is 0 Å². The minimum absolute atomic E-state index is 0.130. The molecule has 2 heterocycles. The monoisotopic (exact) mass is 165 g/mol. The molecule has 1 aromatic rings. The fraction of sp³-hybridized carbons (Fsp3) is 0.500. The summed E-state index contributed by atoms with van der Waals surface area (Å²) in [4.78, 5) is 12.9. The molecule has 0 fully saturated rings. The van der Waals surface area contributed by atoms with Crippen LogP contribution in [0.4, 0.5) is 0 Å². The molecular formula is C8H11N3O. The second kappa shape index (κ2) is 2.33. The van der Waals surface area contributed by atoms with Crippen molar-refractivity contribution in [3.8, 4) is 0 Å². The molecule has 1 aliphatic rings. The van der Waals surface area contributed by atoms with Crippen LogP contribution >= 0.6 is 0 Å². The van der Waals surface area contributed by atoms with E-state index in [9.17, 15) is 4.79 Å². The van der Waals surface area contributed by atoms with Crippen LogP contribution in [0.3, 0.4) is 0 Å². The maximum atomic E-state index is 11.2. The Kier molecular flexibility index (Phi) is 1.43. The smallest absolute Gasteiger partial charge is 0.244 e. The zero-order valence-electron chi connectivity index (χ0n) is 7.24. The number of nitrogens with zero attached hydrogens (tertiary/aromatic N) is 3. The number of carbonyl (C=O) groups is 1. The highest BCUT2D eigenvalue weighted by Gasteiger charge is 2.20. The number of rotatable bonds is 0. The molecule has 0 aliphatic carbocycles. The summed E-state index contributed by atoms with van der Waals surface area (Å²) in [6.45, 7) is 3.01. The van der Waals surface area contributed by atoms with E-state index < -0.39 is 0 Å². The lowest BCUT2D eigenvalue weighted by molar-refractivity contribution is -0.132. The largest absolute Gasteiger partial charge is 0.338 e. The van der Waals surface area contributed by atoms with Crippen LogP contribution in [0.1, 0.15) is 11.4 Å². The zero-order chi connectivity index (χ0) is 8.72. The number of amides is 1. The Morgan fingerprint density at radius 2 is 2.25 bits per heavy atom. The van der Waals surface area contributed by atoms with E-state index in [-0.39, 0.29) is 5.91 Å². The first-order valence-corrected chi connectivity index (χ1v) is 3.94. The van der Waals surface area contributed by atoms with Gasteiger partial charge in [0.15, 0.2) is 0 Å². The molecule has 0 unspecified atom stereocenters. The zero-order valence-corrected chi connectivity index (χ0v) is 7.24. The Labute approximate surface area is 70.8 Å². The molecule has 0 radical (unpaired) electrons. The SMILES string of the molecule is Cc1cc2n(n1)CC(=O)N(C)C2. The van der Waals surface area contributed by atoms with Crippen molar-refractivity contribution in [1.82, 2.24) is 14.7 Å². The summed E-state index contributed by atoms with van der Waals surface area (Å²) in [6.07, 6.45) is 0. The molecule has 0 bridgehead atoms. The molecule has 64 valence electrons. The van der Waals surface area contributed by atoms with Crippen molar-refractivity contribution >= 4 is 5.91 Å². The maximum absolute atomic E-state index is 11.2. The summed E-state index contributed by atoms with van der Waals surface area (Å²) in [5, 5.41) is 4.21. The lowest BCUT2D eigenvalue weighted by atomic mass is 10.3. The van der Waals surface area contributed by atoms with Crippen molar-refractivity contribution in [1.29, 1.82) is 0 Å². The first kappa shape index (κ1) is 7.34. The van der Waals surface area contributed by atoms with Crippen molar-refractivity contribution < 1.29 is 4.79 Å². The highest BCUT2D eigenvalue weighted by molar-refractivity contribution is 5.76. The standard InChI is InChI=1S/C8H11N3O/c1-6-3-7-4-10(2)8(12)5-11(7)9-6/h3H,4-5H2,1-2H3. The summed E-state index contributed by atoms with van der Waals surface area (Å²) in [7, 11) is 1.81. The number of hydrogen-bond acceptors (Lipinski definition) is 2. The van der Waals surface area contributed by atoms with Crippen LogP contribution in [-0.4, -0.2) is 27.6 Å². The topological polar surface area (TPSA) is 38.1 Å². The number of fused-ring (bicyclic) bond motifs is 1. The van der Waals surface area contributed by atoms with Gasteiger partial charge in [-0.05, 0) is 13.0 Å². The normalized spacial score (nSPS) is 16.5. The number of aromatic nitrogens is 2. The minimum atomic E-state index is 0.130. The van der Waals surface area contributed by atoms with Gasteiger partial charge in [0.2, 0.25) is 5.91 Å². The van der Waals surface area contributed by atoms with Crippen molar-refractivity contribution in [2.45, 2.75) is 20.0 Å². The Morgan fingerprint density at radius 1 is 1.50 bits per heavy atom. The predicted octanol–water partition coefficient (Wildman–Crippen LogP) is 0.164. The number of likely N-dealkylation sites (N-methyl/N-ethyl adjacent to an activating group) is 1. The Hall–Kier alpha value is -1.32. The summed E-state index contributed by atoms with van der Waals surface area (Å²) in [5.74, 6) is 0.130. The molecule has 0 N–H and O–H groups in total. The van der Waals surface area contributed by atoms with Crippen LogP contribution in [0.25, 0.3) is 0 Å². The van der Waals surface area contributed by atoms with E-state index in [0.717, 1.165) is 11.4 Å². The molecule has 0 spiro atoms. The molecule has 1 aliphatic heterocycles. The van der Waals surface area contributed by atoms with Gasteiger partial charge in [-0.25, -0.2) is 0 Å². The van der Waals surface area contributed by atoms with E-state index in [2.05, 4.69) is 5.10 Å². The molecule has 1 aromatic heterocycles. The fourth-order valence-corrected chi connectivity index (χ4v) is 1.44. The van der Waals surface area contributed by atoms with E-state index in [1.54, 1.807) is 9.58 Å². The average Bonchev–Trinajstić information content (AvgIpc) is 2.30. The van der Waals surface area contributed by atoms with Gasteiger partial charge in [0.05, 0.1) is 17.9 Å². The van der Waals surface area contributed by atoms with E-state index in [4.69, 9.17) is 0 Å². The second-order valence-corrected chi connectivity index (χ2v) is 3.18. The van der Waals surface area contributed by atoms with Crippen molar-refractivity contribution in [2.24, 2.45) is 0 Å². The van der Waals surface area contributed by atoms with Crippen LogP contribution in [0, 0.1) is 6.92 Å². The Bertz CT molecular complexity index is 329. The molecule has 0 saturated carbocycles. The van der Waals surface area contributed by atoms with Gasteiger partial charge in [0.25, 0.3) is 0 Å². The van der Waals surface area contributed by atoms with E-state index in [0.29, 0.717) is 13.1 Å². The van der Waals surface area contributed by atoms with E-state index in [1.165, 1.54) is 0 Å². The molecule has 4 nitrogen and oxygen atoms in total. The van der Waals surface area contributed by atoms with Gasteiger partial charge in [-0.15, -0.1) is 0 Å². The van der Waals surface area contributed by atoms with E-state index in [1.807, 2.05) is 20.0 Å². The Morgan fingerprint density at radius 3 is 3.00 bits per heavy atom. The number of aryl methyl sites for hydroxylation is 1. The first-order chi connectivity index (χ1) is 5.66. The van der Waals surface area contributed by atoms with Gasteiger partial charge in [-0.2, -0.15) is 5.10 Å². The van der Waals surface area contributed by atoms with Crippen molar-refractivity contribution in [2.75, 3.05) is 7.05 Å². The van der Waals surface area contributed by atoms with Crippen LogP contribution in [-0.2, 0) is 17.9 Å². The van der Waals surface area contributed by atoms with Gasteiger partial charge in [-0.3, -0.25) is 9.48 Å². The van der Waals surface area contributed by atoms with E-state index >= 15 is 0 Å². The molecule has 1 amide bonds. The van der Waals surface area contributed by atoms with Crippen LogP contribution in [0.15, 0.2) is 6.07 Å². The Balaban J connectivity index is 2.39. The number of carbonyl (C=O) groups excluding carboxylic acids is 1. The average molecular weight is 165 g/mol. The molecule has 0 atom stereocenters. The van der Waals surface area contributed by atoms with Gasteiger partial charge in [0, 0.05) is 7.05 Å². The van der Waals surface area contributed by atoms with Crippen molar-refractivity contribution in [3.05, 3.63) is 17.5 Å². The van der Waals surface area contributed by atoms with Crippen LogP contribution in [0.5, 0.6) is 0 Å². The molecular weight excluding hydrogens is 154 g/mol.